The number of nitrogens with zero attached hydrogens (tertiary/aromatic N) is 1. The lowest BCUT2D eigenvalue weighted by atomic mass is 9.59. The van der Waals surface area contributed by atoms with Crippen LogP contribution in [0.25, 0.3) is 0 Å². The van der Waals surface area contributed by atoms with E-state index >= 15 is 0 Å². The van der Waals surface area contributed by atoms with Gasteiger partial charge < -0.3 is 4.74 Å². The van der Waals surface area contributed by atoms with E-state index in [-0.39, 0.29) is 17.8 Å². The monoisotopic (exact) mass is 367 g/mol. The summed E-state index contributed by atoms with van der Waals surface area (Å²) in [5.41, 5.74) is 0.139. The van der Waals surface area contributed by atoms with Crippen molar-refractivity contribution in [2.24, 2.45) is 28.1 Å². The van der Waals surface area contributed by atoms with Gasteiger partial charge in [0.05, 0.1) is 30.0 Å². The highest BCUT2D eigenvalue weighted by molar-refractivity contribution is 6.24. The number of para-hydroxylation sites is 1. The molecule has 3 aliphatic rings. The Balaban J connectivity index is 1.96. The predicted molar refractivity (Wildman–Crippen MR) is 101 cm³/mol. The van der Waals surface area contributed by atoms with Crippen molar-refractivity contribution in [2.45, 2.75) is 34.6 Å². The fraction of sp³-hybridized carbons (Fsp3) is 0.500. The standard InChI is InChI=1S/C22H25NO4/c1-12-13(2)21(4)16-15(20(12,3)22(21,5)19(26)27-6)17(24)23(18(16)25)14-10-8-7-9-11-14/h7-11,15-16H,1-6H3/t15-,16+,20+,21-,22?. The van der Waals surface area contributed by atoms with Gasteiger partial charge in [-0.1, -0.05) is 43.2 Å². The Hall–Kier alpha value is -2.43. The molecular weight excluding hydrogens is 342 g/mol. The Kier molecular flexibility index (Phi) is 3.39. The maximum atomic E-state index is 13.5. The van der Waals surface area contributed by atoms with Crippen LogP contribution in [-0.2, 0) is 19.1 Å². The van der Waals surface area contributed by atoms with Crippen molar-refractivity contribution in [3.63, 3.8) is 0 Å². The van der Waals surface area contributed by atoms with Crippen LogP contribution in [0.4, 0.5) is 5.69 Å². The van der Waals surface area contributed by atoms with Crippen LogP contribution >= 0.6 is 0 Å². The number of allylic oxidation sites excluding steroid dienone is 2. The summed E-state index contributed by atoms with van der Waals surface area (Å²) in [4.78, 5) is 41.4. The summed E-state index contributed by atoms with van der Waals surface area (Å²) in [5, 5.41) is 0. The lowest BCUT2D eigenvalue weighted by Gasteiger charge is -2.43. The zero-order chi connectivity index (χ0) is 19.9. The fourth-order valence-corrected chi connectivity index (χ4v) is 6.45. The quantitative estimate of drug-likeness (QED) is 0.457. The van der Waals surface area contributed by atoms with Gasteiger partial charge in [0.25, 0.3) is 0 Å². The predicted octanol–water partition coefficient (Wildman–Crippen LogP) is 3.35. The SMILES string of the molecule is COC(=O)C1(C)[C@@]2(C)C(C)=C(C)[C@]1(C)[C@@H]1C(=O)N(c3ccccc3)C(=O)[C@@H]12. The van der Waals surface area contributed by atoms with Gasteiger partial charge in [0.15, 0.2) is 0 Å². The van der Waals surface area contributed by atoms with Crippen molar-refractivity contribution in [1.82, 2.24) is 0 Å². The average molecular weight is 367 g/mol. The summed E-state index contributed by atoms with van der Waals surface area (Å²) in [7, 11) is 1.37. The minimum atomic E-state index is -0.966. The minimum Gasteiger partial charge on any atom is -0.469 e. The van der Waals surface area contributed by atoms with Crippen LogP contribution in [-0.4, -0.2) is 24.9 Å². The van der Waals surface area contributed by atoms with E-state index in [1.54, 1.807) is 12.1 Å². The fourth-order valence-electron chi connectivity index (χ4n) is 6.45. The first-order valence-corrected chi connectivity index (χ1v) is 9.29. The summed E-state index contributed by atoms with van der Waals surface area (Å²) >= 11 is 0. The second-order valence-corrected chi connectivity index (χ2v) is 8.57. The van der Waals surface area contributed by atoms with E-state index in [9.17, 15) is 14.4 Å². The summed E-state index contributed by atoms with van der Waals surface area (Å²) in [6.07, 6.45) is 0. The number of carbonyl (C=O) groups is 3. The molecule has 1 aliphatic heterocycles. The van der Waals surface area contributed by atoms with Crippen LogP contribution in [0, 0.1) is 28.1 Å². The molecule has 0 aromatic heterocycles. The number of hydrogen-bond acceptors (Lipinski definition) is 4. The van der Waals surface area contributed by atoms with Crippen molar-refractivity contribution in [3.8, 4) is 0 Å². The molecule has 1 aromatic carbocycles. The molecule has 2 fully saturated rings. The Morgan fingerprint density at radius 1 is 0.926 bits per heavy atom. The average Bonchev–Trinajstić information content (AvgIpc) is 3.07. The largest absolute Gasteiger partial charge is 0.469 e. The van der Waals surface area contributed by atoms with E-state index in [1.807, 2.05) is 52.8 Å². The molecular formula is C22H25NO4. The summed E-state index contributed by atoms with van der Waals surface area (Å²) in [5.74, 6) is -1.93. The lowest BCUT2D eigenvalue weighted by molar-refractivity contribution is -0.163. The molecule has 142 valence electrons. The number of ether oxygens (including phenoxy) is 1. The van der Waals surface area contributed by atoms with Gasteiger partial charge >= 0.3 is 5.97 Å². The van der Waals surface area contributed by atoms with E-state index in [1.165, 1.54) is 12.0 Å². The number of fused-ring (bicyclic) bond motifs is 5. The van der Waals surface area contributed by atoms with Crippen LogP contribution in [0.15, 0.2) is 41.5 Å². The normalized spacial score (nSPS) is 40.0. The minimum absolute atomic E-state index is 0.218. The van der Waals surface area contributed by atoms with Crippen LogP contribution < -0.4 is 4.90 Å². The number of amides is 2. The van der Waals surface area contributed by atoms with E-state index < -0.39 is 28.1 Å². The molecule has 5 atom stereocenters. The van der Waals surface area contributed by atoms with Gasteiger partial charge in [-0.3, -0.25) is 14.4 Å². The number of anilines is 1. The van der Waals surface area contributed by atoms with Crippen molar-refractivity contribution in [2.75, 3.05) is 12.0 Å². The number of benzene rings is 1. The molecule has 1 saturated heterocycles. The third-order valence-corrected chi connectivity index (χ3v) is 8.36. The smallest absolute Gasteiger partial charge is 0.313 e. The summed E-state index contributed by atoms with van der Waals surface area (Å²) in [6, 6.07) is 9.03. The highest BCUT2D eigenvalue weighted by Gasteiger charge is 2.84. The molecule has 2 bridgehead atoms. The van der Waals surface area contributed by atoms with Gasteiger partial charge in [-0.15, -0.1) is 0 Å². The molecule has 27 heavy (non-hydrogen) atoms. The molecule has 1 saturated carbocycles. The maximum absolute atomic E-state index is 13.5. The number of imide groups is 1. The Morgan fingerprint density at radius 3 is 1.78 bits per heavy atom. The van der Waals surface area contributed by atoms with Gasteiger partial charge in [0.1, 0.15) is 0 Å². The molecule has 1 aromatic rings. The van der Waals surface area contributed by atoms with E-state index in [4.69, 9.17) is 4.74 Å². The van der Waals surface area contributed by atoms with E-state index in [2.05, 4.69) is 0 Å². The van der Waals surface area contributed by atoms with Gasteiger partial charge in [-0.2, -0.15) is 0 Å². The zero-order valence-electron chi connectivity index (χ0n) is 16.6. The molecule has 1 unspecified atom stereocenters. The summed E-state index contributed by atoms with van der Waals surface area (Å²) < 4.78 is 5.19. The second-order valence-electron chi connectivity index (χ2n) is 8.57. The highest BCUT2D eigenvalue weighted by Crippen LogP contribution is 2.80. The molecule has 2 amide bonds. The molecule has 5 nitrogen and oxygen atoms in total. The summed E-state index contributed by atoms with van der Waals surface area (Å²) in [6.45, 7) is 9.75. The number of carbonyl (C=O) groups excluding carboxylic acids is 3. The van der Waals surface area contributed by atoms with Crippen LogP contribution in [0.3, 0.4) is 0 Å². The molecule has 5 heteroatoms. The first kappa shape index (κ1) is 18.0. The third-order valence-electron chi connectivity index (χ3n) is 8.36. The first-order chi connectivity index (χ1) is 12.6. The van der Waals surface area contributed by atoms with Crippen molar-refractivity contribution in [1.29, 1.82) is 0 Å². The molecule has 0 radical (unpaired) electrons. The number of rotatable bonds is 2. The topological polar surface area (TPSA) is 63.7 Å². The van der Waals surface area contributed by atoms with Gasteiger partial charge in [-0.25, -0.2) is 4.90 Å². The Labute approximate surface area is 159 Å². The third kappa shape index (κ3) is 1.57. The van der Waals surface area contributed by atoms with Crippen LogP contribution in [0.5, 0.6) is 0 Å². The van der Waals surface area contributed by atoms with Gasteiger partial charge in [0.2, 0.25) is 11.8 Å². The second kappa shape index (κ2) is 5.09. The molecule has 2 aliphatic carbocycles. The maximum Gasteiger partial charge on any atom is 0.313 e. The highest BCUT2D eigenvalue weighted by atomic mass is 16.5. The lowest BCUT2D eigenvalue weighted by Crippen LogP contribution is -2.51. The zero-order valence-corrected chi connectivity index (χ0v) is 16.6. The van der Waals surface area contributed by atoms with E-state index in [0.717, 1.165) is 11.1 Å². The van der Waals surface area contributed by atoms with Gasteiger partial charge in [0, 0.05) is 10.8 Å². The molecule has 1 heterocycles. The molecule has 4 rings (SSSR count). The molecule has 0 spiro atoms. The number of methoxy groups -OCH3 is 1. The number of esters is 1. The van der Waals surface area contributed by atoms with Crippen LogP contribution in [0.2, 0.25) is 0 Å². The van der Waals surface area contributed by atoms with Crippen molar-refractivity contribution >= 4 is 23.5 Å². The number of hydrogen-bond donors (Lipinski definition) is 0. The van der Waals surface area contributed by atoms with Crippen LogP contribution in [0.1, 0.15) is 34.6 Å². The van der Waals surface area contributed by atoms with E-state index in [0.29, 0.717) is 5.69 Å². The Bertz CT molecular complexity index is 874. The Morgan fingerprint density at radius 2 is 1.37 bits per heavy atom. The first-order valence-electron chi connectivity index (χ1n) is 9.29. The van der Waals surface area contributed by atoms with Gasteiger partial charge in [-0.05, 0) is 32.9 Å². The van der Waals surface area contributed by atoms with Crippen molar-refractivity contribution < 1.29 is 19.1 Å². The van der Waals surface area contributed by atoms with Crippen molar-refractivity contribution in [3.05, 3.63) is 41.5 Å². The molecule has 0 N–H and O–H groups in total.